The van der Waals surface area contributed by atoms with Gasteiger partial charge in [-0.1, -0.05) is 34.5 Å². The molecular formula is C17H10Cl2F3N3O2S. The summed E-state index contributed by atoms with van der Waals surface area (Å²) in [4.78, 5) is 16.8. The van der Waals surface area contributed by atoms with Crippen LogP contribution in [-0.4, -0.2) is 17.1 Å². The number of aromatic nitrogens is 1. The Morgan fingerprint density at radius 3 is 2.43 bits per heavy atom. The van der Waals surface area contributed by atoms with Gasteiger partial charge in [-0.15, -0.1) is 13.2 Å². The second-order valence-corrected chi connectivity index (χ2v) is 7.23. The molecule has 0 bridgehead atoms. The van der Waals surface area contributed by atoms with Crippen LogP contribution in [-0.2, 0) is 0 Å². The second kappa shape index (κ2) is 7.86. The molecule has 0 aliphatic carbocycles. The smallest absolute Gasteiger partial charge is 0.404 e. The number of anilines is 3. The third-order valence-corrected chi connectivity index (χ3v) is 4.91. The van der Waals surface area contributed by atoms with E-state index in [1.165, 1.54) is 12.1 Å². The zero-order valence-corrected chi connectivity index (χ0v) is 16.0. The van der Waals surface area contributed by atoms with Crippen molar-refractivity contribution in [3.05, 3.63) is 63.0 Å². The summed E-state index contributed by atoms with van der Waals surface area (Å²) in [6.45, 7) is 0. The van der Waals surface area contributed by atoms with Crippen molar-refractivity contribution < 1.29 is 22.7 Å². The summed E-state index contributed by atoms with van der Waals surface area (Å²) in [7, 11) is 0. The molecule has 3 N–H and O–H groups in total. The average Bonchev–Trinajstić information content (AvgIpc) is 2.96. The maximum atomic E-state index is 12.6. The summed E-state index contributed by atoms with van der Waals surface area (Å²) in [5, 5.41) is 3.36. The van der Waals surface area contributed by atoms with Crippen molar-refractivity contribution in [1.29, 1.82) is 0 Å². The SMILES string of the molecule is Nc1nc(Nc2ccc(OC(F)(F)F)c(Cl)c2)sc1C(=O)c1ccc(Cl)cc1. The van der Waals surface area contributed by atoms with Crippen LogP contribution in [0.5, 0.6) is 5.75 Å². The highest BCUT2D eigenvalue weighted by molar-refractivity contribution is 7.18. The lowest BCUT2D eigenvalue weighted by Crippen LogP contribution is -2.17. The van der Waals surface area contributed by atoms with E-state index in [0.717, 1.165) is 17.4 Å². The molecule has 28 heavy (non-hydrogen) atoms. The number of hydrogen-bond acceptors (Lipinski definition) is 6. The molecule has 0 atom stereocenters. The first kappa shape index (κ1) is 20.2. The molecule has 2 aromatic carbocycles. The molecule has 0 aliphatic rings. The quantitative estimate of drug-likeness (QED) is 0.475. The Bertz CT molecular complexity index is 1020. The first-order valence-corrected chi connectivity index (χ1v) is 9.08. The third kappa shape index (κ3) is 4.86. The number of benzene rings is 2. The number of thiazole rings is 1. The summed E-state index contributed by atoms with van der Waals surface area (Å²) >= 11 is 12.6. The van der Waals surface area contributed by atoms with Crippen LogP contribution in [0.3, 0.4) is 0 Å². The molecule has 0 saturated heterocycles. The number of halogens is 5. The van der Waals surface area contributed by atoms with Gasteiger partial charge in [0, 0.05) is 16.3 Å². The highest BCUT2D eigenvalue weighted by atomic mass is 35.5. The van der Waals surface area contributed by atoms with Gasteiger partial charge in [-0.2, -0.15) is 0 Å². The zero-order chi connectivity index (χ0) is 20.5. The summed E-state index contributed by atoms with van der Waals surface area (Å²) < 4.78 is 40.7. The van der Waals surface area contributed by atoms with Crippen LogP contribution < -0.4 is 15.8 Å². The monoisotopic (exact) mass is 447 g/mol. The van der Waals surface area contributed by atoms with Gasteiger partial charge in [0.05, 0.1) is 5.02 Å². The zero-order valence-electron chi connectivity index (χ0n) is 13.7. The number of ether oxygens (including phenoxy) is 1. The molecule has 0 spiro atoms. The molecule has 0 saturated carbocycles. The molecule has 1 aromatic heterocycles. The molecule has 0 amide bonds. The van der Waals surface area contributed by atoms with E-state index < -0.39 is 12.1 Å². The van der Waals surface area contributed by atoms with Crippen molar-refractivity contribution in [3.63, 3.8) is 0 Å². The minimum absolute atomic E-state index is 0.0237. The van der Waals surface area contributed by atoms with Gasteiger partial charge in [0.15, 0.2) is 5.13 Å². The minimum atomic E-state index is -4.85. The largest absolute Gasteiger partial charge is 0.573 e. The summed E-state index contributed by atoms with van der Waals surface area (Å²) in [5.41, 5.74) is 6.57. The summed E-state index contributed by atoms with van der Waals surface area (Å²) in [6, 6.07) is 9.92. The molecule has 146 valence electrons. The Labute approximate surface area is 170 Å². The van der Waals surface area contributed by atoms with E-state index in [9.17, 15) is 18.0 Å². The van der Waals surface area contributed by atoms with Crippen LogP contribution in [0.15, 0.2) is 42.5 Å². The normalized spacial score (nSPS) is 11.3. The lowest BCUT2D eigenvalue weighted by atomic mass is 10.1. The van der Waals surface area contributed by atoms with Gasteiger partial charge in [-0.25, -0.2) is 4.98 Å². The van der Waals surface area contributed by atoms with Crippen LogP contribution in [0.1, 0.15) is 15.2 Å². The van der Waals surface area contributed by atoms with Gasteiger partial charge < -0.3 is 15.8 Å². The lowest BCUT2D eigenvalue weighted by Gasteiger charge is -2.11. The summed E-state index contributed by atoms with van der Waals surface area (Å²) in [5.74, 6) is -0.834. The third-order valence-electron chi connectivity index (χ3n) is 3.37. The number of carbonyl (C=O) groups excluding carboxylic acids is 1. The molecule has 0 unspecified atom stereocenters. The number of hydrogen-bond donors (Lipinski definition) is 2. The maximum absolute atomic E-state index is 12.6. The minimum Gasteiger partial charge on any atom is -0.404 e. The number of rotatable bonds is 5. The van der Waals surface area contributed by atoms with Gasteiger partial charge in [0.2, 0.25) is 5.78 Å². The topological polar surface area (TPSA) is 77.2 Å². The number of nitrogens with two attached hydrogens (primary N) is 1. The molecule has 3 rings (SSSR count). The number of alkyl halides is 3. The van der Waals surface area contributed by atoms with Crippen LogP contribution in [0.4, 0.5) is 29.8 Å². The first-order valence-electron chi connectivity index (χ1n) is 7.51. The van der Waals surface area contributed by atoms with Crippen molar-refractivity contribution in [2.75, 3.05) is 11.1 Å². The first-order chi connectivity index (χ1) is 13.1. The highest BCUT2D eigenvalue weighted by Crippen LogP contribution is 2.35. The van der Waals surface area contributed by atoms with E-state index in [1.807, 2.05) is 0 Å². The van der Waals surface area contributed by atoms with Gasteiger partial charge in [0.1, 0.15) is 16.4 Å². The number of carbonyl (C=O) groups is 1. The van der Waals surface area contributed by atoms with Crippen molar-refractivity contribution in [1.82, 2.24) is 4.98 Å². The second-order valence-electron chi connectivity index (χ2n) is 5.39. The fourth-order valence-corrected chi connectivity index (χ4v) is 3.40. The van der Waals surface area contributed by atoms with Crippen molar-refractivity contribution in [2.24, 2.45) is 0 Å². The molecule has 11 heteroatoms. The fourth-order valence-electron chi connectivity index (χ4n) is 2.19. The standard InChI is InChI=1S/C17H10Cl2F3N3O2S/c18-9-3-1-8(2-4-9)13(26)14-15(23)25-16(28-14)24-10-5-6-12(11(19)7-10)27-17(20,21)22/h1-7H,23H2,(H,24,25). The van der Waals surface area contributed by atoms with Gasteiger partial charge in [0.25, 0.3) is 0 Å². The van der Waals surface area contributed by atoms with E-state index >= 15 is 0 Å². The van der Waals surface area contributed by atoms with Crippen LogP contribution in [0.25, 0.3) is 0 Å². The molecule has 5 nitrogen and oxygen atoms in total. The molecule has 0 fully saturated rings. The Morgan fingerprint density at radius 2 is 1.82 bits per heavy atom. The van der Waals surface area contributed by atoms with E-state index in [1.54, 1.807) is 24.3 Å². The van der Waals surface area contributed by atoms with Gasteiger partial charge >= 0.3 is 6.36 Å². The van der Waals surface area contributed by atoms with Crippen LogP contribution in [0, 0.1) is 0 Å². The number of nitrogens with one attached hydrogen (secondary N) is 1. The molecule has 0 aliphatic heterocycles. The molecular weight excluding hydrogens is 438 g/mol. The fraction of sp³-hybridized carbons (Fsp3) is 0.0588. The van der Waals surface area contributed by atoms with E-state index in [2.05, 4.69) is 15.0 Å². The van der Waals surface area contributed by atoms with Crippen molar-refractivity contribution in [2.45, 2.75) is 6.36 Å². The van der Waals surface area contributed by atoms with Crippen molar-refractivity contribution >= 4 is 57.0 Å². The van der Waals surface area contributed by atoms with Gasteiger partial charge in [-0.3, -0.25) is 4.79 Å². The number of ketones is 1. The predicted octanol–water partition coefficient (Wildman–Crippen LogP) is 5.91. The lowest BCUT2D eigenvalue weighted by molar-refractivity contribution is -0.274. The molecule has 1 heterocycles. The Balaban J connectivity index is 1.79. The maximum Gasteiger partial charge on any atom is 0.573 e. The Morgan fingerprint density at radius 1 is 1.14 bits per heavy atom. The van der Waals surface area contributed by atoms with E-state index in [-0.39, 0.29) is 26.6 Å². The highest BCUT2D eigenvalue weighted by Gasteiger charge is 2.32. The number of nitrogen functional groups attached to an aromatic ring is 1. The van der Waals surface area contributed by atoms with Crippen LogP contribution in [0.2, 0.25) is 10.0 Å². The molecule has 3 aromatic rings. The van der Waals surface area contributed by atoms with Crippen LogP contribution >= 0.6 is 34.5 Å². The van der Waals surface area contributed by atoms with Crippen molar-refractivity contribution in [3.8, 4) is 5.75 Å². The predicted molar refractivity (Wildman–Crippen MR) is 103 cm³/mol. The number of nitrogens with zero attached hydrogens (tertiary/aromatic N) is 1. The van der Waals surface area contributed by atoms with E-state index in [4.69, 9.17) is 28.9 Å². The van der Waals surface area contributed by atoms with E-state index in [0.29, 0.717) is 16.3 Å². The molecule has 0 radical (unpaired) electrons. The Hall–Kier alpha value is -2.49. The average molecular weight is 448 g/mol. The Kier molecular flexibility index (Phi) is 5.69. The summed E-state index contributed by atoms with van der Waals surface area (Å²) in [6.07, 6.45) is -4.85. The van der Waals surface area contributed by atoms with Gasteiger partial charge in [-0.05, 0) is 42.5 Å².